The highest BCUT2D eigenvalue weighted by Crippen LogP contribution is 2.29. The number of hydrogen-bond donors (Lipinski definition) is 2. The smallest absolute Gasteiger partial charge is 0.277 e. The zero-order chi connectivity index (χ0) is 22.0. The van der Waals surface area contributed by atoms with Crippen LogP contribution in [0.1, 0.15) is 47.5 Å². The quantitative estimate of drug-likeness (QED) is 0.630. The van der Waals surface area contributed by atoms with Crippen molar-refractivity contribution >= 4 is 23.2 Å². The maximum atomic E-state index is 12.7. The predicted octanol–water partition coefficient (Wildman–Crippen LogP) is 3.15. The lowest BCUT2D eigenvalue weighted by molar-refractivity contribution is 0.0997. The van der Waals surface area contributed by atoms with E-state index in [0.29, 0.717) is 22.9 Å². The molecule has 0 atom stereocenters. The van der Waals surface area contributed by atoms with Gasteiger partial charge in [-0.1, -0.05) is 12.1 Å². The minimum absolute atomic E-state index is 0.159. The Morgan fingerprint density at radius 3 is 2.71 bits per heavy atom. The molecule has 0 spiro atoms. The van der Waals surface area contributed by atoms with Crippen molar-refractivity contribution in [3.05, 3.63) is 47.9 Å². The maximum absolute atomic E-state index is 12.7. The van der Waals surface area contributed by atoms with Gasteiger partial charge < -0.3 is 20.5 Å². The Morgan fingerprint density at radius 2 is 2.03 bits per heavy atom. The second-order valence-electron chi connectivity index (χ2n) is 7.88. The van der Waals surface area contributed by atoms with Crippen LogP contribution in [0.3, 0.4) is 0 Å². The average Bonchev–Trinajstić information content (AvgIpc) is 3.43. The van der Waals surface area contributed by atoms with Crippen molar-refractivity contribution in [2.24, 2.45) is 11.7 Å². The van der Waals surface area contributed by atoms with Gasteiger partial charge in [0.05, 0.1) is 23.0 Å². The van der Waals surface area contributed by atoms with Crippen LogP contribution in [0.4, 0.5) is 11.4 Å². The normalized spacial score (nSPS) is 14.6. The third-order valence-corrected chi connectivity index (χ3v) is 5.63. The molecule has 9 heteroatoms. The fourth-order valence-corrected chi connectivity index (χ4v) is 3.71. The van der Waals surface area contributed by atoms with E-state index in [1.54, 1.807) is 35.1 Å². The number of nitrogens with two attached hydrogens (primary N) is 1. The summed E-state index contributed by atoms with van der Waals surface area (Å²) < 4.78 is 7.08. The number of benzene rings is 1. The third-order valence-electron chi connectivity index (χ3n) is 5.63. The summed E-state index contributed by atoms with van der Waals surface area (Å²) in [4.78, 5) is 26.8. The summed E-state index contributed by atoms with van der Waals surface area (Å²) in [6.45, 7) is 6.63. The van der Waals surface area contributed by atoms with Gasteiger partial charge >= 0.3 is 0 Å². The molecule has 2 amide bonds. The van der Waals surface area contributed by atoms with E-state index < -0.39 is 11.8 Å². The van der Waals surface area contributed by atoms with Crippen molar-refractivity contribution in [3.63, 3.8) is 0 Å². The topological polar surface area (TPSA) is 119 Å². The first-order valence-electron chi connectivity index (χ1n) is 10.4. The first-order valence-corrected chi connectivity index (χ1v) is 10.4. The molecule has 31 heavy (non-hydrogen) atoms. The Balaban J connectivity index is 1.53. The van der Waals surface area contributed by atoms with Crippen LogP contribution in [0.15, 0.2) is 41.2 Å². The molecule has 1 aromatic carbocycles. The van der Waals surface area contributed by atoms with Crippen LogP contribution >= 0.6 is 0 Å². The molecule has 1 aliphatic heterocycles. The Morgan fingerprint density at radius 1 is 1.26 bits per heavy atom. The summed E-state index contributed by atoms with van der Waals surface area (Å²) in [6.07, 6.45) is 5.59. The lowest BCUT2D eigenvalue weighted by Gasteiger charge is -2.33. The molecule has 162 valence electrons. The Kier molecular flexibility index (Phi) is 5.75. The van der Waals surface area contributed by atoms with E-state index in [1.807, 2.05) is 13.1 Å². The second kappa shape index (κ2) is 8.63. The van der Waals surface area contributed by atoms with E-state index >= 15 is 0 Å². The molecule has 0 aliphatic carbocycles. The van der Waals surface area contributed by atoms with Crippen molar-refractivity contribution in [3.8, 4) is 11.3 Å². The van der Waals surface area contributed by atoms with Gasteiger partial charge in [-0.05, 0) is 43.9 Å². The zero-order valence-corrected chi connectivity index (χ0v) is 17.7. The maximum Gasteiger partial charge on any atom is 0.277 e. The van der Waals surface area contributed by atoms with Crippen LogP contribution in [-0.2, 0) is 6.54 Å². The highest BCUT2D eigenvalue weighted by Gasteiger charge is 2.22. The molecule has 3 N–H and O–H groups in total. The summed E-state index contributed by atoms with van der Waals surface area (Å²) in [5.74, 6) is 0.238. The highest BCUT2D eigenvalue weighted by atomic mass is 16.5. The summed E-state index contributed by atoms with van der Waals surface area (Å²) >= 11 is 0. The molecule has 1 fully saturated rings. The van der Waals surface area contributed by atoms with Gasteiger partial charge in [-0.15, -0.1) is 0 Å². The summed E-state index contributed by atoms with van der Waals surface area (Å²) in [6, 6.07) is 6.69. The molecule has 0 bridgehead atoms. The molecule has 0 radical (unpaired) electrons. The van der Waals surface area contributed by atoms with Gasteiger partial charge in [-0.25, -0.2) is 0 Å². The molecule has 1 saturated heterocycles. The average molecular weight is 422 g/mol. The number of carbonyl (C=O) groups is 2. The van der Waals surface area contributed by atoms with E-state index in [2.05, 4.69) is 27.4 Å². The van der Waals surface area contributed by atoms with Gasteiger partial charge in [0.25, 0.3) is 11.8 Å². The largest absolute Gasteiger partial charge is 0.371 e. The van der Waals surface area contributed by atoms with Crippen molar-refractivity contribution < 1.29 is 14.1 Å². The number of hydrogen-bond acceptors (Lipinski definition) is 6. The number of rotatable bonds is 6. The van der Waals surface area contributed by atoms with Crippen LogP contribution in [0.2, 0.25) is 0 Å². The first kappa shape index (κ1) is 20.6. The number of aromatic nitrogens is 3. The fourth-order valence-electron chi connectivity index (χ4n) is 3.71. The summed E-state index contributed by atoms with van der Waals surface area (Å²) in [7, 11) is 0. The number of primary amides is 1. The second-order valence-corrected chi connectivity index (χ2v) is 7.88. The van der Waals surface area contributed by atoms with Gasteiger partial charge in [0.1, 0.15) is 0 Å². The summed E-state index contributed by atoms with van der Waals surface area (Å²) in [5.41, 5.74) is 8.24. The van der Waals surface area contributed by atoms with E-state index in [4.69, 9.17) is 10.3 Å². The Labute approximate surface area is 180 Å². The van der Waals surface area contributed by atoms with Gasteiger partial charge in [0.15, 0.2) is 11.5 Å². The minimum Gasteiger partial charge on any atom is -0.371 e. The van der Waals surface area contributed by atoms with Crippen LogP contribution in [0.5, 0.6) is 0 Å². The summed E-state index contributed by atoms with van der Waals surface area (Å²) in [5, 5.41) is 10.9. The lowest BCUT2D eigenvalue weighted by atomic mass is 9.98. The van der Waals surface area contributed by atoms with Crippen LogP contribution in [0, 0.1) is 5.92 Å². The lowest BCUT2D eigenvalue weighted by Crippen LogP contribution is -2.34. The fraction of sp³-hybridized carbons (Fsp3) is 0.364. The molecule has 3 aromatic rings. The molecule has 4 rings (SSSR count). The number of amides is 2. The van der Waals surface area contributed by atoms with Gasteiger partial charge in [-0.2, -0.15) is 5.10 Å². The molecule has 1 aliphatic rings. The number of piperidine rings is 1. The first-order chi connectivity index (χ1) is 14.9. The van der Waals surface area contributed by atoms with Crippen molar-refractivity contribution in [2.45, 2.75) is 33.2 Å². The molecule has 0 saturated carbocycles. The van der Waals surface area contributed by atoms with Crippen molar-refractivity contribution in [2.75, 3.05) is 23.3 Å². The van der Waals surface area contributed by atoms with E-state index in [-0.39, 0.29) is 5.69 Å². The van der Waals surface area contributed by atoms with E-state index in [1.165, 1.54) is 0 Å². The van der Waals surface area contributed by atoms with Crippen molar-refractivity contribution in [1.82, 2.24) is 14.9 Å². The number of aryl methyl sites for hydroxylation is 1. The Hall–Kier alpha value is -3.62. The van der Waals surface area contributed by atoms with Gasteiger partial charge in [-0.3, -0.25) is 14.3 Å². The van der Waals surface area contributed by atoms with Gasteiger partial charge in [0.2, 0.25) is 0 Å². The van der Waals surface area contributed by atoms with Crippen LogP contribution in [0.25, 0.3) is 11.3 Å². The van der Waals surface area contributed by atoms with Crippen molar-refractivity contribution in [1.29, 1.82) is 0 Å². The SMILES string of the molecule is CCn1cc(-c2cc(C(=O)Nc3ccc(C(N)=O)c(N4CCC(C)CC4)c3)no2)cn1. The Bertz CT molecular complexity index is 1090. The zero-order valence-electron chi connectivity index (χ0n) is 17.7. The highest BCUT2D eigenvalue weighted by molar-refractivity contribution is 6.05. The predicted molar refractivity (Wildman–Crippen MR) is 117 cm³/mol. The number of carbonyl (C=O) groups excluding carboxylic acids is 2. The van der Waals surface area contributed by atoms with Crippen LogP contribution < -0.4 is 16.0 Å². The third kappa shape index (κ3) is 4.45. The molecule has 9 nitrogen and oxygen atoms in total. The van der Waals surface area contributed by atoms with E-state index in [0.717, 1.165) is 43.7 Å². The standard InChI is InChI=1S/C22H26N6O3/c1-3-28-13-15(12-24-28)20-11-18(26-31-20)22(30)25-16-4-5-17(21(23)29)19(10-16)27-8-6-14(2)7-9-27/h4-5,10-14H,3,6-9H2,1-2H3,(H2,23,29)(H,25,30). The molecular weight excluding hydrogens is 396 g/mol. The molecule has 3 heterocycles. The number of nitrogens with one attached hydrogen (secondary N) is 1. The van der Waals surface area contributed by atoms with Gasteiger partial charge in [0, 0.05) is 37.6 Å². The molecule has 2 aromatic heterocycles. The monoisotopic (exact) mass is 422 g/mol. The molecular formula is C22H26N6O3. The number of nitrogens with zero attached hydrogens (tertiary/aromatic N) is 4. The minimum atomic E-state index is -0.486. The van der Waals surface area contributed by atoms with Crippen LogP contribution in [-0.4, -0.2) is 39.8 Å². The molecule has 0 unspecified atom stereocenters. The number of anilines is 2. The van der Waals surface area contributed by atoms with E-state index in [9.17, 15) is 9.59 Å².